The summed E-state index contributed by atoms with van der Waals surface area (Å²) in [7, 11) is 1.94. The molecule has 3 rings (SSSR count). The molecule has 108 valence electrons. The lowest BCUT2D eigenvalue weighted by molar-refractivity contribution is 0.462. The van der Waals surface area contributed by atoms with Crippen LogP contribution in [-0.4, -0.2) is 18.7 Å². The Morgan fingerprint density at radius 2 is 2.10 bits per heavy atom. The van der Waals surface area contributed by atoms with E-state index in [9.17, 15) is 5.11 Å². The Labute approximate surface area is 133 Å². The number of rotatable bonds is 3. The van der Waals surface area contributed by atoms with Gasteiger partial charge in [0.2, 0.25) is 0 Å². The summed E-state index contributed by atoms with van der Waals surface area (Å²) in [6.45, 7) is 0.917. The zero-order valence-corrected chi connectivity index (χ0v) is 13.3. The quantitative estimate of drug-likeness (QED) is 0.695. The van der Waals surface area contributed by atoms with Crippen LogP contribution in [-0.2, 0) is 0 Å². The van der Waals surface area contributed by atoms with Crippen LogP contribution in [0.25, 0.3) is 5.57 Å². The van der Waals surface area contributed by atoms with Gasteiger partial charge in [-0.25, -0.2) is 0 Å². The molecule has 1 aliphatic rings. The molecule has 0 saturated heterocycles. The standard InChI is InChI=1S/C17H16ClNOS/c1-19-9-3-5-12-13-4-2-6-15(20)17(13)21-16-8-7-11(18)10-14(12)16/h2,4-8,10,19-20H,3,9H2,1H3/b12-5+. The van der Waals surface area contributed by atoms with Gasteiger partial charge in [-0.2, -0.15) is 0 Å². The van der Waals surface area contributed by atoms with E-state index in [2.05, 4.69) is 17.5 Å². The number of nitrogens with one attached hydrogen (secondary N) is 1. The number of halogens is 1. The smallest absolute Gasteiger partial charge is 0.130 e. The summed E-state index contributed by atoms with van der Waals surface area (Å²) in [6, 6.07) is 11.6. The lowest BCUT2D eigenvalue weighted by atomic mass is 9.96. The Balaban J connectivity index is 2.15. The number of phenolic OH excluding ortho intramolecular Hbond substituents is 1. The Morgan fingerprint density at radius 3 is 2.90 bits per heavy atom. The fraction of sp³-hybridized carbons (Fsp3) is 0.176. The molecule has 2 nitrogen and oxygen atoms in total. The summed E-state index contributed by atoms with van der Waals surface area (Å²) in [6.07, 6.45) is 3.14. The molecule has 2 aromatic rings. The van der Waals surface area contributed by atoms with Crippen molar-refractivity contribution >= 4 is 28.9 Å². The lowest BCUT2D eigenvalue weighted by Gasteiger charge is -2.23. The first-order valence-corrected chi connectivity index (χ1v) is 8.05. The van der Waals surface area contributed by atoms with Crippen LogP contribution in [0.15, 0.2) is 52.3 Å². The van der Waals surface area contributed by atoms with Gasteiger partial charge in [0.1, 0.15) is 5.75 Å². The van der Waals surface area contributed by atoms with Gasteiger partial charge >= 0.3 is 0 Å². The van der Waals surface area contributed by atoms with Crippen LogP contribution in [0.1, 0.15) is 17.5 Å². The van der Waals surface area contributed by atoms with E-state index >= 15 is 0 Å². The second-order valence-electron chi connectivity index (χ2n) is 4.91. The van der Waals surface area contributed by atoms with Crippen LogP contribution in [0.4, 0.5) is 0 Å². The van der Waals surface area contributed by atoms with Gasteiger partial charge in [-0.1, -0.05) is 41.6 Å². The zero-order chi connectivity index (χ0) is 14.8. The largest absolute Gasteiger partial charge is 0.507 e. The molecule has 4 heteroatoms. The highest BCUT2D eigenvalue weighted by Crippen LogP contribution is 2.49. The van der Waals surface area contributed by atoms with E-state index in [1.807, 2.05) is 31.3 Å². The van der Waals surface area contributed by atoms with E-state index in [4.69, 9.17) is 11.6 Å². The van der Waals surface area contributed by atoms with Crippen molar-refractivity contribution in [1.82, 2.24) is 5.32 Å². The Kier molecular flexibility index (Phi) is 4.24. The number of hydrogen-bond donors (Lipinski definition) is 2. The van der Waals surface area contributed by atoms with Crippen molar-refractivity contribution in [3.63, 3.8) is 0 Å². The molecule has 2 N–H and O–H groups in total. The Bertz CT molecular complexity index is 708. The number of fused-ring (bicyclic) bond motifs is 2. The monoisotopic (exact) mass is 317 g/mol. The van der Waals surface area contributed by atoms with Gasteiger partial charge in [-0.05, 0) is 61.0 Å². The average molecular weight is 318 g/mol. The molecule has 0 amide bonds. The Morgan fingerprint density at radius 1 is 1.24 bits per heavy atom. The van der Waals surface area contributed by atoms with Crippen LogP contribution in [0, 0.1) is 0 Å². The van der Waals surface area contributed by atoms with Gasteiger partial charge in [0.05, 0.1) is 4.90 Å². The van der Waals surface area contributed by atoms with Gasteiger partial charge in [-0.15, -0.1) is 0 Å². The summed E-state index contributed by atoms with van der Waals surface area (Å²) in [5.74, 6) is 0.331. The second kappa shape index (κ2) is 6.14. The molecule has 0 atom stereocenters. The highest BCUT2D eigenvalue weighted by atomic mass is 35.5. The summed E-state index contributed by atoms with van der Waals surface area (Å²) in [4.78, 5) is 2.05. The van der Waals surface area contributed by atoms with Crippen molar-refractivity contribution in [2.45, 2.75) is 16.2 Å². The van der Waals surface area contributed by atoms with Crippen molar-refractivity contribution in [2.24, 2.45) is 0 Å². The van der Waals surface area contributed by atoms with Crippen LogP contribution < -0.4 is 5.32 Å². The summed E-state index contributed by atoms with van der Waals surface area (Å²) in [5, 5.41) is 14.0. The maximum atomic E-state index is 10.1. The molecular formula is C17H16ClNOS. The van der Waals surface area contributed by atoms with Gasteiger partial charge in [-0.3, -0.25) is 0 Å². The summed E-state index contributed by atoms with van der Waals surface area (Å²) in [5.41, 5.74) is 3.36. The van der Waals surface area contributed by atoms with Crippen LogP contribution in [0.2, 0.25) is 5.02 Å². The summed E-state index contributed by atoms with van der Waals surface area (Å²) < 4.78 is 0. The van der Waals surface area contributed by atoms with Crippen molar-refractivity contribution in [1.29, 1.82) is 0 Å². The van der Waals surface area contributed by atoms with Crippen molar-refractivity contribution in [2.75, 3.05) is 13.6 Å². The van der Waals surface area contributed by atoms with Crippen LogP contribution in [0.5, 0.6) is 5.75 Å². The predicted molar refractivity (Wildman–Crippen MR) is 89.3 cm³/mol. The molecule has 21 heavy (non-hydrogen) atoms. The second-order valence-corrected chi connectivity index (χ2v) is 6.40. The normalized spacial score (nSPS) is 14.9. The number of hydrogen-bond acceptors (Lipinski definition) is 3. The minimum absolute atomic E-state index is 0.331. The lowest BCUT2D eigenvalue weighted by Crippen LogP contribution is -2.07. The molecular weight excluding hydrogens is 302 g/mol. The highest BCUT2D eigenvalue weighted by Gasteiger charge is 2.23. The van der Waals surface area contributed by atoms with E-state index < -0.39 is 0 Å². The van der Waals surface area contributed by atoms with E-state index in [1.165, 1.54) is 0 Å². The number of benzene rings is 2. The van der Waals surface area contributed by atoms with Gasteiger partial charge in [0.15, 0.2) is 0 Å². The van der Waals surface area contributed by atoms with Gasteiger partial charge in [0.25, 0.3) is 0 Å². The minimum atomic E-state index is 0.331. The molecule has 0 unspecified atom stereocenters. The van der Waals surface area contributed by atoms with E-state index in [-0.39, 0.29) is 0 Å². The predicted octanol–water partition coefficient (Wildman–Crippen LogP) is 4.55. The molecule has 0 saturated carbocycles. The van der Waals surface area contributed by atoms with Gasteiger partial charge in [0, 0.05) is 9.92 Å². The van der Waals surface area contributed by atoms with Crippen molar-refractivity contribution in [3.8, 4) is 5.75 Å². The first kappa shape index (κ1) is 14.5. The maximum Gasteiger partial charge on any atom is 0.130 e. The summed E-state index contributed by atoms with van der Waals surface area (Å²) >= 11 is 7.76. The molecule has 0 aromatic heterocycles. The third kappa shape index (κ3) is 2.82. The SMILES string of the molecule is CNCC/C=C1/c2cc(Cl)ccc2Sc2c(O)cccc21. The van der Waals surface area contributed by atoms with E-state index in [0.29, 0.717) is 5.75 Å². The number of phenols is 1. The molecule has 0 bridgehead atoms. The molecule has 0 radical (unpaired) electrons. The molecule has 0 aliphatic carbocycles. The Hall–Kier alpha value is -1.42. The zero-order valence-electron chi connectivity index (χ0n) is 11.7. The van der Waals surface area contributed by atoms with Crippen molar-refractivity contribution in [3.05, 3.63) is 58.6 Å². The molecule has 1 heterocycles. The van der Waals surface area contributed by atoms with E-state index in [0.717, 1.165) is 44.5 Å². The fourth-order valence-corrected chi connectivity index (χ4v) is 3.75. The van der Waals surface area contributed by atoms with E-state index in [1.54, 1.807) is 17.8 Å². The first-order valence-electron chi connectivity index (χ1n) is 6.85. The molecule has 0 spiro atoms. The topological polar surface area (TPSA) is 32.3 Å². The first-order chi connectivity index (χ1) is 10.2. The van der Waals surface area contributed by atoms with Crippen molar-refractivity contribution < 1.29 is 5.11 Å². The average Bonchev–Trinajstić information content (AvgIpc) is 2.48. The molecule has 2 aromatic carbocycles. The minimum Gasteiger partial charge on any atom is -0.507 e. The third-order valence-electron chi connectivity index (χ3n) is 3.47. The van der Waals surface area contributed by atoms with Gasteiger partial charge < -0.3 is 10.4 Å². The van der Waals surface area contributed by atoms with Crippen LogP contribution >= 0.6 is 23.4 Å². The molecule has 1 aliphatic heterocycles. The third-order valence-corrected chi connectivity index (χ3v) is 4.92. The highest BCUT2D eigenvalue weighted by molar-refractivity contribution is 7.99. The number of aromatic hydroxyl groups is 1. The molecule has 0 fully saturated rings. The fourth-order valence-electron chi connectivity index (χ4n) is 2.48. The maximum absolute atomic E-state index is 10.1. The van der Waals surface area contributed by atoms with Crippen LogP contribution in [0.3, 0.4) is 0 Å².